The van der Waals surface area contributed by atoms with E-state index in [1.807, 2.05) is 42.5 Å². The molecule has 9 heteroatoms. The smallest absolute Gasteiger partial charge is 0.407 e. The van der Waals surface area contributed by atoms with Crippen LogP contribution in [0.4, 0.5) is 4.79 Å². The summed E-state index contributed by atoms with van der Waals surface area (Å²) < 4.78 is 12.0. The van der Waals surface area contributed by atoms with E-state index >= 15 is 0 Å². The maximum absolute atomic E-state index is 13.0. The molecule has 0 saturated carbocycles. The molecule has 3 heterocycles. The minimum atomic E-state index is -0.515. The number of amides is 2. The number of furan rings is 1. The highest BCUT2D eigenvalue weighted by molar-refractivity contribution is 6.06. The number of hydrogen-bond acceptors (Lipinski definition) is 6. The number of nitrogens with zero attached hydrogens (tertiary/aromatic N) is 3. The SMILES string of the molecule is CCOC(=O)NCCNC(=O)c1cc(-c2ccccc2)nc2c1cnn2Cc1ccco1. The van der Waals surface area contributed by atoms with Gasteiger partial charge >= 0.3 is 6.09 Å². The summed E-state index contributed by atoms with van der Waals surface area (Å²) in [5.41, 5.74) is 2.58. The van der Waals surface area contributed by atoms with Crippen molar-refractivity contribution in [1.82, 2.24) is 25.4 Å². The lowest BCUT2D eigenvalue weighted by Crippen LogP contribution is -2.35. The first-order valence-corrected chi connectivity index (χ1v) is 10.3. The van der Waals surface area contributed by atoms with Gasteiger partial charge in [-0.1, -0.05) is 30.3 Å². The van der Waals surface area contributed by atoms with Crippen molar-refractivity contribution in [2.24, 2.45) is 0 Å². The van der Waals surface area contributed by atoms with Crippen molar-refractivity contribution < 1.29 is 18.7 Å². The maximum atomic E-state index is 13.0. The average molecular weight is 433 g/mol. The molecule has 4 aromatic rings. The molecule has 0 aliphatic heterocycles. The van der Waals surface area contributed by atoms with Gasteiger partial charge in [-0.05, 0) is 25.1 Å². The van der Waals surface area contributed by atoms with Crippen LogP contribution >= 0.6 is 0 Å². The molecule has 164 valence electrons. The molecule has 2 amide bonds. The second kappa shape index (κ2) is 9.78. The average Bonchev–Trinajstić information content (AvgIpc) is 3.47. The standard InChI is InChI=1S/C23H23N5O4/c1-2-31-23(30)25-11-10-24-22(29)18-13-20(16-7-4-3-5-8-16)27-21-19(18)14-26-28(21)15-17-9-6-12-32-17/h3-9,12-14H,2,10-11,15H2,1H3,(H,24,29)(H,25,30). The highest BCUT2D eigenvalue weighted by Gasteiger charge is 2.18. The third kappa shape index (κ3) is 4.77. The van der Waals surface area contributed by atoms with Crippen molar-refractivity contribution in [3.8, 4) is 11.3 Å². The van der Waals surface area contributed by atoms with E-state index in [-0.39, 0.29) is 25.6 Å². The fraction of sp³-hybridized carbons (Fsp3) is 0.217. The molecule has 4 rings (SSSR count). The summed E-state index contributed by atoms with van der Waals surface area (Å²) in [5, 5.41) is 10.5. The van der Waals surface area contributed by atoms with Crippen molar-refractivity contribution in [3.05, 3.63) is 72.3 Å². The van der Waals surface area contributed by atoms with Gasteiger partial charge in [0.2, 0.25) is 0 Å². The second-order valence-electron chi connectivity index (χ2n) is 6.94. The van der Waals surface area contributed by atoms with E-state index < -0.39 is 6.09 Å². The minimum absolute atomic E-state index is 0.252. The van der Waals surface area contributed by atoms with E-state index in [1.165, 1.54) is 0 Å². The predicted octanol–water partition coefficient (Wildman–Crippen LogP) is 3.22. The van der Waals surface area contributed by atoms with Crippen LogP contribution in [0.25, 0.3) is 22.3 Å². The van der Waals surface area contributed by atoms with Crippen LogP contribution in [0.3, 0.4) is 0 Å². The molecule has 3 aromatic heterocycles. The Morgan fingerprint density at radius 3 is 2.66 bits per heavy atom. The van der Waals surface area contributed by atoms with Gasteiger partial charge in [0.1, 0.15) is 12.3 Å². The maximum Gasteiger partial charge on any atom is 0.407 e. The van der Waals surface area contributed by atoms with Crippen molar-refractivity contribution in [2.75, 3.05) is 19.7 Å². The van der Waals surface area contributed by atoms with Gasteiger partial charge in [0, 0.05) is 18.7 Å². The number of ether oxygens (including phenoxy) is 1. The predicted molar refractivity (Wildman–Crippen MR) is 118 cm³/mol. The lowest BCUT2D eigenvalue weighted by atomic mass is 10.1. The van der Waals surface area contributed by atoms with Crippen LogP contribution in [0.15, 0.2) is 65.4 Å². The molecule has 1 aromatic carbocycles. The molecule has 9 nitrogen and oxygen atoms in total. The third-order valence-corrected chi connectivity index (χ3v) is 4.76. The molecule has 0 aliphatic carbocycles. The molecular weight excluding hydrogens is 410 g/mol. The van der Waals surface area contributed by atoms with Crippen molar-refractivity contribution in [3.63, 3.8) is 0 Å². The molecule has 0 bridgehead atoms. The van der Waals surface area contributed by atoms with Gasteiger partial charge in [0.25, 0.3) is 5.91 Å². The number of rotatable bonds is 8. The number of pyridine rings is 1. The number of benzene rings is 1. The highest BCUT2D eigenvalue weighted by atomic mass is 16.5. The van der Waals surface area contributed by atoms with Crippen molar-refractivity contribution >= 4 is 23.0 Å². The summed E-state index contributed by atoms with van der Waals surface area (Å²) in [6, 6.07) is 15.1. The first-order valence-electron chi connectivity index (χ1n) is 10.3. The Labute approximate surface area is 184 Å². The van der Waals surface area contributed by atoms with Crippen LogP contribution in [-0.2, 0) is 11.3 Å². The quantitative estimate of drug-likeness (QED) is 0.413. The highest BCUT2D eigenvalue weighted by Crippen LogP contribution is 2.25. The van der Waals surface area contributed by atoms with Gasteiger partial charge in [0.05, 0.1) is 35.7 Å². The van der Waals surface area contributed by atoms with E-state index in [4.69, 9.17) is 14.1 Å². The van der Waals surface area contributed by atoms with Crippen LogP contribution in [-0.4, -0.2) is 46.5 Å². The zero-order valence-corrected chi connectivity index (χ0v) is 17.6. The van der Waals surface area contributed by atoms with Gasteiger partial charge in [-0.25, -0.2) is 14.5 Å². The topological polar surface area (TPSA) is 111 Å². The van der Waals surface area contributed by atoms with Crippen LogP contribution in [0.1, 0.15) is 23.0 Å². The summed E-state index contributed by atoms with van der Waals surface area (Å²) in [7, 11) is 0. The molecule has 32 heavy (non-hydrogen) atoms. The lowest BCUT2D eigenvalue weighted by molar-refractivity contribution is 0.0954. The number of alkyl carbamates (subject to hydrolysis) is 1. The van der Waals surface area contributed by atoms with Gasteiger partial charge < -0.3 is 19.8 Å². The zero-order chi connectivity index (χ0) is 22.3. The summed E-state index contributed by atoms with van der Waals surface area (Å²) in [6.45, 7) is 2.92. The van der Waals surface area contributed by atoms with Gasteiger partial charge in [-0.3, -0.25) is 4.79 Å². The Hall–Kier alpha value is -4.14. The normalized spacial score (nSPS) is 10.8. The fourth-order valence-corrected chi connectivity index (χ4v) is 3.28. The van der Waals surface area contributed by atoms with E-state index in [0.29, 0.717) is 28.8 Å². The largest absolute Gasteiger partial charge is 0.467 e. The summed E-state index contributed by atoms with van der Waals surface area (Å²) in [4.78, 5) is 29.2. The Morgan fingerprint density at radius 2 is 1.91 bits per heavy atom. The van der Waals surface area contributed by atoms with Gasteiger partial charge in [-0.15, -0.1) is 0 Å². The summed E-state index contributed by atoms with van der Waals surface area (Å²) >= 11 is 0. The number of nitrogens with one attached hydrogen (secondary N) is 2. The number of fused-ring (bicyclic) bond motifs is 1. The molecule has 0 radical (unpaired) electrons. The van der Waals surface area contributed by atoms with Gasteiger partial charge in [-0.2, -0.15) is 5.10 Å². The Balaban J connectivity index is 1.62. The third-order valence-electron chi connectivity index (χ3n) is 4.76. The molecule has 0 spiro atoms. The molecular formula is C23H23N5O4. The van der Waals surface area contributed by atoms with Crippen molar-refractivity contribution in [1.29, 1.82) is 0 Å². The number of carbonyl (C=O) groups is 2. The Bertz CT molecular complexity index is 1200. The summed E-state index contributed by atoms with van der Waals surface area (Å²) in [6.07, 6.45) is 2.72. The van der Waals surface area contributed by atoms with E-state index in [0.717, 1.165) is 11.3 Å². The van der Waals surface area contributed by atoms with Crippen LogP contribution < -0.4 is 10.6 Å². The van der Waals surface area contributed by atoms with Gasteiger partial charge in [0.15, 0.2) is 5.65 Å². The van der Waals surface area contributed by atoms with E-state index in [1.54, 1.807) is 30.1 Å². The molecule has 0 fully saturated rings. The summed E-state index contributed by atoms with van der Waals surface area (Å²) in [5.74, 6) is 0.454. The fourth-order valence-electron chi connectivity index (χ4n) is 3.28. The number of aromatic nitrogens is 3. The second-order valence-corrected chi connectivity index (χ2v) is 6.94. The molecule has 0 aliphatic rings. The number of hydrogen-bond donors (Lipinski definition) is 2. The monoisotopic (exact) mass is 433 g/mol. The molecule has 0 saturated heterocycles. The van der Waals surface area contributed by atoms with Crippen molar-refractivity contribution in [2.45, 2.75) is 13.5 Å². The molecule has 2 N–H and O–H groups in total. The first-order chi connectivity index (χ1) is 15.7. The Kier molecular flexibility index (Phi) is 6.45. The van der Waals surface area contributed by atoms with Crippen LogP contribution in [0.5, 0.6) is 0 Å². The molecule has 0 atom stereocenters. The first kappa shape index (κ1) is 21.1. The van der Waals surface area contributed by atoms with Crippen LogP contribution in [0, 0.1) is 0 Å². The van der Waals surface area contributed by atoms with Crippen LogP contribution in [0.2, 0.25) is 0 Å². The van der Waals surface area contributed by atoms with E-state index in [9.17, 15) is 9.59 Å². The molecule has 0 unspecified atom stereocenters. The minimum Gasteiger partial charge on any atom is -0.467 e. The number of carbonyl (C=O) groups excluding carboxylic acids is 2. The Morgan fingerprint density at radius 1 is 1.09 bits per heavy atom. The van der Waals surface area contributed by atoms with E-state index in [2.05, 4.69) is 15.7 Å². The lowest BCUT2D eigenvalue weighted by Gasteiger charge is -2.10. The zero-order valence-electron chi connectivity index (χ0n) is 17.6.